The number of ether oxygens (including phenoxy) is 1. The number of methoxy groups -OCH3 is 1. The summed E-state index contributed by atoms with van der Waals surface area (Å²) in [5.74, 6) is -2.69. The lowest BCUT2D eigenvalue weighted by molar-refractivity contribution is -0.159. The molecular weight excluding hydrogens is 362 g/mol. The van der Waals surface area contributed by atoms with E-state index in [-0.39, 0.29) is 0 Å². The molecule has 0 spiro atoms. The van der Waals surface area contributed by atoms with E-state index in [4.69, 9.17) is 24.5 Å². The van der Waals surface area contributed by atoms with Crippen molar-refractivity contribution in [3.05, 3.63) is 29.8 Å². The van der Waals surface area contributed by atoms with E-state index in [2.05, 4.69) is 39.9 Å². The van der Waals surface area contributed by atoms with Gasteiger partial charge in [-0.05, 0) is 50.7 Å². The van der Waals surface area contributed by atoms with Crippen LogP contribution >= 0.6 is 0 Å². The van der Waals surface area contributed by atoms with Crippen molar-refractivity contribution in [3.63, 3.8) is 0 Å². The fourth-order valence-corrected chi connectivity index (χ4v) is 3.66. The van der Waals surface area contributed by atoms with E-state index in [1.54, 1.807) is 7.11 Å². The molecule has 1 aromatic rings. The van der Waals surface area contributed by atoms with Gasteiger partial charge < -0.3 is 19.8 Å². The second-order valence-corrected chi connectivity index (χ2v) is 7.31. The van der Waals surface area contributed by atoms with Gasteiger partial charge in [0.2, 0.25) is 0 Å². The minimum atomic E-state index is -1.82. The number of piperazine rings is 1. The highest BCUT2D eigenvalue weighted by Gasteiger charge is 2.26. The van der Waals surface area contributed by atoms with Crippen molar-refractivity contribution >= 4 is 11.9 Å². The van der Waals surface area contributed by atoms with Crippen LogP contribution in [-0.2, 0) is 16.1 Å². The third kappa shape index (κ3) is 7.10. The second-order valence-electron chi connectivity index (χ2n) is 7.31. The lowest BCUT2D eigenvalue weighted by Gasteiger charge is -2.42. The molecule has 156 valence electrons. The summed E-state index contributed by atoms with van der Waals surface area (Å²) in [4.78, 5) is 25.9. The van der Waals surface area contributed by atoms with Crippen molar-refractivity contribution in [2.45, 2.75) is 25.4 Å². The van der Waals surface area contributed by atoms with Crippen molar-refractivity contribution in [1.82, 2.24) is 14.7 Å². The van der Waals surface area contributed by atoms with Crippen molar-refractivity contribution in [3.8, 4) is 5.75 Å². The van der Waals surface area contributed by atoms with Gasteiger partial charge >= 0.3 is 11.9 Å². The number of piperidine rings is 1. The number of hydrogen-bond acceptors (Lipinski definition) is 6. The molecule has 2 aliphatic rings. The number of aliphatic carboxylic acids is 2. The molecule has 2 N–H and O–H groups in total. The Morgan fingerprint density at radius 2 is 1.64 bits per heavy atom. The molecule has 8 heteroatoms. The standard InChI is InChI=1S/C18H29N3O.C2H2O4/c1-19-10-12-21(13-11-19)17-6-8-20(9-7-17)15-16-4-3-5-18(14-16)22-2;3-1(4)2(5)6/h3-5,14,17H,6-13,15H2,1-2H3;(H,3,4)(H,5,6). The molecule has 2 fully saturated rings. The molecule has 0 unspecified atom stereocenters. The molecule has 2 saturated heterocycles. The minimum Gasteiger partial charge on any atom is -0.497 e. The highest BCUT2D eigenvalue weighted by molar-refractivity contribution is 6.27. The maximum absolute atomic E-state index is 9.10. The summed E-state index contributed by atoms with van der Waals surface area (Å²) < 4.78 is 5.32. The van der Waals surface area contributed by atoms with Crippen LogP contribution in [0.25, 0.3) is 0 Å². The van der Waals surface area contributed by atoms with E-state index in [0.29, 0.717) is 0 Å². The summed E-state index contributed by atoms with van der Waals surface area (Å²) in [6, 6.07) is 9.27. The van der Waals surface area contributed by atoms with Crippen LogP contribution in [0.5, 0.6) is 5.75 Å². The van der Waals surface area contributed by atoms with Crippen LogP contribution in [0.15, 0.2) is 24.3 Å². The third-order valence-electron chi connectivity index (χ3n) is 5.33. The fourth-order valence-electron chi connectivity index (χ4n) is 3.66. The molecule has 2 aliphatic heterocycles. The first-order valence-electron chi connectivity index (χ1n) is 9.63. The van der Waals surface area contributed by atoms with Gasteiger partial charge in [0.15, 0.2) is 0 Å². The van der Waals surface area contributed by atoms with Crippen LogP contribution in [-0.4, -0.2) is 96.3 Å². The molecule has 0 radical (unpaired) electrons. The van der Waals surface area contributed by atoms with Crippen molar-refractivity contribution < 1.29 is 24.5 Å². The number of benzene rings is 1. The normalized spacial score (nSPS) is 19.5. The van der Waals surface area contributed by atoms with Crippen LogP contribution in [0.1, 0.15) is 18.4 Å². The molecule has 0 aliphatic carbocycles. The van der Waals surface area contributed by atoms with Crippen molar-refractivity contribution in [1.29, 1.82) is 0 Å². The maximum Gasteiger partial charge on any atom is 0.414 e. The van der Waals surface area contributed by atoms with Crippen LogP contribution in [0, 0.1) is 0 Å². The highest BCUT2D eigenvalue weighted by atomic mass is 16.5. The summed E-state index contributed by atoms with van der Waals surface area (Å²) in [7, 11) is 3.97. The molecule has 8 nitrogen and oxygen atoms in total. The first-order chi connectivity index (χ1) is 13.4. The van der Waals surface area contributed by atoms with E-state index in [1.165, 1.54) is 57.7 Å². The summed E-state index contributed by atoms with van der Waals surface area (Å²) in [6.07, 6.45) is 2.63. The Kier molecular flexibility index (Phi) is 8.69. The summed E-state index contributed by atoms with van der Waals surface area (Å²) >= 11 is 0. The lowest BCUT2D eigenvalue weighted by atomic mass is 10.0. The molecule has 0 bridgehead atoms. The Morgan fingerprint density at radius 3 is 2.18 bits per heavy atom. The number of likely N-dealkylation sites (tertiary alicyclic amines) is 1. The Morgan fingerprint density at radius 1 is 1.04 bits per heavy atom. The molecule has 3 rings (SSSR count). The van der Waals surface area contributed by atoms with E-state index in [0.717, 1.165) is 18.3 Å². The topological polar surface area (TPSA) is 93.5 Å². The Labute approximate surface area is 166 Å². The van der Waals surface area contributed by atoms with Crippen molar-refractivity contribution in [2.75, 3.05) is 53.4 Å². The van der Waals surface area contributed by atoms with Gasteiger partial charge in [0.25, 0.3) is 0 Å². The Hall–Kier alpha value is -2.16. The van der Waals surface area contributed by atoms with E-state index in [1.807, 2.05) is 6.07 Å². The Balaban J connectivity index is 0.000000409. The van der Waals surface area contributed by atoms with Gasteiger partial charge in [0.1, 0.15) is 5.75 Å². The smallest absolute Gasteiger partial charge is 0.414 e. The van der Waals surface area contributed by atoms with Gasteiger partial charge in [0, 0.05) is 38.8 Å². The highest BCUT2D eigenvalue weighted by Crippen LogP contribution is 2.21. The largest absolute Gasteiger partial charge is 0.497 e. The van der Waals surface area contributed by atoms with Gasteiger partial charge in [-0.1, -0.05) is 12.1 Å². The van der Waals surface area contributed by atoms with Crippen LogP contribution in [0.3, 0.4) is 0 Å². The minimum absolute atomic E-state index is 0.801. The number of carboxylic acid groups (broad SMARTS) is 2. The number of carbonyl (C=O) groups is 2. The van der Waals surface area contributed by atoms with E-state index in [9.17, 15) is 0 Å². The van der Waals surface area contributed by atoms with Gasteiger partial charge in [-0.3, -0.25) is 9.80 Å². The molecule has 28 heavy (non-hydrogen) atoms. The van der Waals surface area contributed by atoms with Crippen LogP contribution < -0.4 is 4.74 Å². The average Bonchev–Trinajstić information content (AvgIpc) is 2.70. The monoisotopic (exact) mass is 393 g/mol. The van der Waals surface area contributed by atoms with Gasteiger partial charge in [0.05, 0.1) is 7.11 Å². The summed E-state index contributed by atoms with van der Waals surface area (Å²) in [5.41, 5.74) is 1.36. The number of nitrogens with zero attached hydrogens (tertiary/aromatic N) is 3. The van der Waals surface area contributed by atoms with Gasteiger partial charge in [-0.25, -0.2) is 9.59 Å². The zero-order valence-corrected chi connectivity index (χ0v) is 16.7. The predicted octanol–water partition coefficient (Wildman–Crippen LogP) is 1.06. The number of rotatable bonds is 4. The fraction of sp³-hybridized carbons (Fsp3) is 0.600. The molecule has 0 saturated carbocycles. The predicted molar refractivity (Wildman–Crippen MR) is 106 cm³/mol. The first kappa shape index (κ1) is 22.1. The molecule has 0 amide bonds. The zero-order valence-electron chi connectivity index (χ0n) is 16.7. The quantitative estimate of drug-likeness (QED) is 0.734. The molecular formula is C20H31N3O5. The SMILES string of the molecule is COc1cccc(CN2CCC(N3CCN(C)CC3)CC2)c1.O=C(O)C(=O)O. The van der Waals surface area contributed by atoms with Gasteiger partial charge in [-0.2, -0.15) is 0 Å². The molecule has 0 atom stereocenters. The van der Waals surface area contributed by atoms with Gasteiger partial charge in [-0.15, -0.1) is 0 Å². The molecule has 0 aromatic heterocycles. The zero-order chi connectivity index (χ0) is 20.5. The van der Waals surface area contributed by atoms with E-state index >= 15 is 0 Å². The third-order valence-corrected chi connectivity index (χ3v) is 5.33. The summed E-state index contributed by atoms with van der Waals surface area (Å²) in [5, 5.41) is 14.8. The van der Waals surface area contributed by atoms with E-state index < -0.39 is 11.9 Å². The molecule has 2 heterocycles. The maximum atomic E-state index is 9.10. The van der Waals surface area contributed by atoms with Crippen LogP contribution in [0.4, 0.5) is 0 Å². The number of carboxylic acids is 2. The summed E-state index contributed by atoms with van der Waals surface area (Å²) in [6.45, 7) is 8.43. The second kappa shape index (κ2) is 11.0. The van der Waals surface area contributed by atoms with Crippen LogP contribution in [0.2, 0.25) is 0 Å². The average molecular weight is 393 g/mol. The first-order valence-corrected chi connectivity index (χ1v) is 9.63. The molecule has 1 aromatic carbocycles. The Bertz CT molecular complexity index is 626. The number of likely N-dealkylation sites (N-methyl/N-ethyl adjacent to an activating group) is 1. The number of hydrogen-bond donors (Lipinski definition) is 2. The van der Waals surface area contributed by atoms with Crippen molar-refractivity contribution in [2.24, 2.45) is 0 Å². The lowest BCUT2D eigenvalue weighted by Crippen LogP contribution is -2.52.